The molecule has 0 radical (unpaired) electrons. The van der Waals surface area contributed by atoms with Crippen molar-refractivity contribution in [1.29, 1.82) is 5.41 Å². The summed E-state index contributed by atoms with van der Waals surface area (Å²) < 4.78 is 2.07. The molecule has 3 aromatic heterocycles. The molecule has 0 unspecified atom stereocenters. The van der Waals surface area contributed by atoms with Gasteiger partial charge in [0.2, 0.25) is 0 Å². The second-order valence-corrected chi connectivity index (χ2v) is 5.27. The summed E-state index contributed by atoms with van der Waals surface area (Å²) in [5.74, 6) is 0.928. The first-order chi connectivity index (χ1) is 9.74. The number of rotatable bonds is 4. The van der Waals surface area contributed by atoms with E-state index in [-0.39, 0.29) is 5.84 Å². The largest absolute Gasteiger partial charge is 0.382 e. The molecule has 5 nitrogen and oxygen atoms in total. The third-order valence-corrected chi connectivity index (χ3v) is 3.78. The lowest BCUT2D eigenvalue weighted by molar-refractivity contribution is 0.806. The van der Waals surface area contributed by atoms with Crippen molar-refractivity contribution in [3.8, 4) is 10.7 Å². The van der Waals surface area contributed by atoms with E-state index in [9.17, 15) is 0 Å². The van der Waals surface area contributed by atoms with Gasteiger partial charge in [-0.15, -0.1) is 11.3 Å². The van der Waals surface area contributed by atoms with Gasteiger partial charge in [0.05, 0.1) is 4.88 Å². The van der Waals surface area contributed by atoms with Crippen molar-refractivity contribution in [2.45, 2.75) is 6.54 Å². The molecule has 3 aromatic rings. The average Bonchev–Trinajstić information content (AvgIpc) is 3.09. The Morgan fingerprint density at radius 2 is 2.20 bits per heavy atom. The number of aromatic nitrogens is 3. The summed E-state index contributed by atoms with van der Waals surface area (Å²) in [5, 5.41) is 9.47. The molecule has 100 valence electrons. The van der Waals surface area contributed by atoms with Crippen LogP contribution < -0.4 is 5.73 Å². The summed E-state index contributed by atoms with van der Waals surface area (Å²) in [7, 11) is 0. The number of nitrogens with zero attached hydrogens (tertiary/aromatic N) is 3. The van der Waals surface area contributed by atoms with Crippen LogP contribution in [-0.4, -0.2) is 20.4 Å². The van der Waals surface area contributed by atoms with E-state index in [1.807, 2.05) is 29.8 Å². The zero-order valence-corrected chi connectivity index (χ0v) is 11.5. The number of hydrogen-bond donors (Lipinski definition) is 2. The number of imidazole rings is 1. The van der Waals surface area contributed by atoms with Gasteiger partial charge >= 0.3 is 0 Å². The highest BCUT2D eigenvalue weighted by Crippen LogP contribution is 2.23. The van der Waals surface area contributed by atoms with Crippen molar-refractivity contribution >= 4 is 17.2 Å². The van der Waals surface area contributed by atoms with Crippen LogP contribution in [0.5, 0.6) is 0 Å². The van der Waals surface area contributed by atoms with E-state index in [4.69, 9.17) is 11.1 Å². The molecule has 0 aliphatic heterocycles. The van der Waals surface area contributed by atoms with Crippen LogP contribution >= 0.6 is 11.3 Å². The molecule has 3 N–H and O–H groups in total. The fourth-order valence-electron chi connectivity index (χ4n) is 1.98. The number of nitrogens with one attached hydrogen (secondary N) is 1. The molecule has 0 amide bonds. The molecular weight excluding hydrogens is 270 g/mol. The van der Waals surface area contributed by atoms with E-state index in [0.29, 0.717) is 12.2 Å². The Labute approximate surface area is 120 Å². The lowest BCUT2D eigenvalue weighted by Crippen LogP contribution is -2.13. The Balaban J connectivity index is 1.91. The van der Waals surface area contributed by atoms with Crippen LogP contribution in [0.2, 0.25) is 0 Å². The summed E-state index contributed by atoms with van der Waals surface area (Å²) in [6.45, 7) is 0.677. The van der Waals surface area contributed by atoms with Crippen LogP contribution in [0.4, 0.5) is 0 Å². The Morgan fingerprint density at radius 3 is 2.95 bits per heavy atom. The summed E-state index contributed by atoms with van der Waals surface area (Å²) in [5.41, 5.74) is 7.01. The van der Waals surface area contributed by atoms with Crippen LogP contribution in [0.25, 0.3) is 10.7 Å². The maximum atomic E-state index is 7.44. The maximum absolute atomic E-state index is 7.44. The number of hydrogen-bond acceptors (Lipinski definition) is 4. The predicted octanol–water partition coefficient (Wildman–Crippen LogP) is 2.34. The average molecular weight is 283 g/mol. The van der Waals surface area contributed by atoms with Gasteiger partial charge in [-0.2, -0.15) is 0 Å². The molecule has 20 heavy (non-hydrogen) atoms. The minimum absolute atomic E-state index is 0.0176. The van der Waals surface area contributed by atoms with Crippen LogP contribution in [0.1, 0.15) is 11.3 Å². The first kappa shape index (κ1) is 12.6. The van der Waals surface area contributed by atoms with E-state index in [1.165, 1.54) is 0 Å². The maximum Gasteiger partial charge on any atom is 0.150 e. The van der Waals surface area contributed by atoms with Crippen LogP contribution in [0.15, 0.2) is 48.2 Å². The number of nitrogens with two attached hydrogens (primary N) is 1. The SMILES string of the molecule is N=C(N)c1cc(Cn2ccnc2-c2cccs2)ccn1. The molecule has 6 heteroatoms. The summed E-state index contributed by atoms with van der Waals surface area (Å²) in [6, 6.07) is 7.82. The molecule has 0 aliphatic carbocycles. The van der Waals surface area contributed by atoms with Gasteiger partial charge in [-0.1, -0.05) is 6.07 Å². The summed E-state index contributed by atoms with van der Waals surface area (Å²) in [6.07, 6.45) is 5.42. The number of nitrogen functional groups attached to an aromatic ring is 1. The Morgan fingerprint density at radius 1 is 1.30 bits per heavy atom. The second kappa shape index (κ2) is 5.26. The van der Waals surface area contributed by atoms with Gasteiger partial charge < -0.3 is 10.3 Å². The lowest BCUT2D eigenvalue weighted by Gasteiger charge is -2.07. The number of pyridine rings is 1. The summed E-state index contributed by atoms with van der Waals surface area (Å²) in [4.78, 5) is 9.61. The molecule has 0 saturated heterocycles. The van der Waals surface area contributed by atoms with Gasteiger partial charge in [-0.3, -0.25) is 10.4 Å². The van der Waals surface area contributed by atoms with Gasteiger partial charge in [0, 0.05) is 25.1 Å². The summed E-state index contributed by atoms with van der Waals surface area (Å²) >= 11 is 1.66. The molecule has 0 saturated carbocycles. The molecule has 0 aromatic carbocycles. The number of thiophene rings is 1. The van der Waals surface area contributed by atoms with E-state index in [2.05, 4.69) is 20.6 Å². The first-order valence-electron chi connectivity index (χ1n) is 6.08. The van der Waals surface area contributed by atoms with E-state index in [1.54, 1.807) is 23.7 Å². The van der Waals surface area contributed by atoms with Crippen molar-refractivity contribution in [2.75, 3.05) is 0 Å². The van der Waals surface area contributed by atoms with Gasteiger partial charge in [0.25, 0.3) is 0 Å². The molecular formula is C14H13N5S. The van der Waals surface area contributed by atoms with Crippen LogP contribution in [0, 0.1) is 5.41 Å². The van der Waals surface area contributed by atoms with Crippen molar-refractivity contribution in [1.82, 2.24) is 14.5 Å². The molecule has 0 fully saturated rings. The Hall–Kier alpha value is -2.47. The highest BCUT2D eigenvalue weighted by atomic mass is 32.1. The fraction of sp³-hybridized carbons (Fsp3) is 0.0714. The number of amidine groups is 1. The monoisotopic (exact) mass is 283 g/mol. The van der Waals surface area contributed by atoms with Gasteiger partial charge in [-0.25, -0.2) is 4.98 Å². The third kappa shape index (κ3) is 2.46. The van der Waals surface area contributed by atoms with Gasteiger partial charge in [0.1, 0.15) is 17.4 Å². The molecule has 0 bridgehead atoms. The predicted molar refractivity (Wildman–Crippen MR) is 79.9 cm³/mol. The fourth-order valence-corrected chi connectivity index (χ4v) is 2.72. The topological polar surface area (TPSA) is 80.6 Å². The first-order valence-corrected chi connectivity index (χ1v) is 6.96. The Bertz CT molecular complexity index is 730. The molecule has 3 heterocycles. The zero-order chi connectivity index (χ0) is 13.9. The van der Waals surface area contributed by atoms with Crippen LogP contribution in [0.3, 0.4) is 0 Å². The lowest BCUT2D eigenvalue weighted by atomic mass is 10.2. The van der Waals surface area contributed by atoms with Gasteiger partial charge in [0.15, 0.2) is 0 Å². The molecule has 0 aliphatic rings. The standard InChI is InChI=1S/C14H13N5S/c15-13(16)11-8-10(3-4-17-11)9-19-6-5-18-14(19)12-2-1-7-20-12/h1-8H,9H2,(H3,15,16). The molecule has 3 rings (SSSR count). The highest BCUT2D eigenvalue weighted by molar-refractivity contribution is 7.13. The van der Waals surface area contributed by atoms with Crippen molar-refractivity contribution in [3.05, 3.63) is 59.5 Å². The van der Waals surface area contributed by atoms with E-state index >= 15 is 0 Å². The quantitative estimate of drug-likeness (QED) is 0.569. The van der Waals surface area contributed by atoms with Gasteiger partial charge in [-0.05, 0) is 29.1 Å². The smallest absolute Gasteiger partial charge is 0.150 e. The van der Waals surface area contributed by atoms with Crippen molar-refractivity contribution < 1.29 is 0 Å². The molecule has 0 atom stereocenters. The van der Waals surface area contributed by atoms with E-state index < -0.39 is 0 Å². The minimum atomic E-state index is -0.0176. The van der Waals surface area contributed by atoms with Crippen molar-refractivity contribution in [3.63, 3.8) is 0 Å². The second-order valence-electron chi connectivity index (χ2n) is 4.32. The Kier molecular flexibility index (Phi) is 3.30. The van der Waals surface area contributed by atoms with Crippen LogP contribution in [-0.2, 0) is 6.54 Å². The normalized spacial score (nSPS) is 10.6. The molecule has 0 spiro atoms. The zero-order valence-electron chi connectivity index (χ0n) is 10.7. The highest BCUT2D eigenvalue weighted by Gasteiger charge is 2.08. The van der Waals surface area contributed by atoms with Crippen molar-refractivity contribution in [2.24, 2.45) is 5.73 Å². The minimum Gasteiger partial charge on any atom is -0.382 e. The van der Waals surface area contributed by atoms with E-state index in [0.717, 1.165) is 16.3 Å². The third-order valence-electron chi connectivity index (χ3n) is 2.91.